The third-order valence-corrected chi connectivity index (χ3v) is 12.5. The largest absolute Gasteiger partial charge is 0.457 e. The summed E-state index contributed by atoms with van der Waals surface area (Å²) in [5, 5.41) is 11.3. The van der Waals surface area contributed by atoms with Crippen LogP contribution in [-0.2, 0) is 27.5 Å². The maximum atomic E-state index is 14.3. The van der Waals surface area contributed by atoms with Crippen molar-refractivity contribution in [1.82, 2.24) is 40.2 Å². The Morgan fingerprint density at radius 1 is 0.985 bits per heavy atom. The number of para-hydroxylation sites is 1. The zero-order chi connectivity index (χ0) is 45.4. The summed E-state index contributed by atoms with van der Waals surface area (Å²) in [4.78, 5) is 79.6. The van der Waals surface area contributed by atoms with Crippen molar-refractivity contribution < 1.29 is 28.7 Å². The van der Waals surface area contributed by atoms with Crippen molar-refractivity contribution in [3.8, 4) is 22.8 Å². The third-order valence-electron chi connectivity index (χ3n) is 12.1. The van der Waals surface area contributed by atoms with Crippen LogP contribution in [0.5, 0.6) is 11.5 Å². The molecule has 0 spiro atoms. The molecule has 2 fully saturated rings. The number of nitrogen functional groups attached to an aromatic ring is 1. The van der Waals surface area contributed by atoms with E-state index in [0.717, 1.165) is 28.9 Å². The minimum absolute atomic E-state index is 0.0572. The molecule has 17 heteroatoms. The number of aromatic nitrogens is 4. The lowest BCUT2D eigenvalue weighted by atomic mass is 10.0. The number of halogens is 1. The summed E-state index contributed by atoms with van der Waals surface area (Å²) in [6, 6.07) is 26.1. The predicted octanol–water partition coefficient (Wildman–Crippen LogP) is 6.73. The quantitative estimate of drug-likeness (QED) is 0.0927. The van der Waals surface area contributed by atoms with Gasteiger partial charge in [-0.25, -0.2) is 19.4 Å². The van der Waals surface area contributed by atoms with Crippen LogP contribution in [0, 0.1) is 6.92 Å². The number of nitrogens with two attached hydrogens (primary N) is 1. The van der Waals surface area contributed by atoms with E-state index in [2.05, 4.69) is 27.2 Å². The average Bonchev–Trinajstić information content (AvgIpc) is 3.87. The van der Waals surface area contributed by atoms with E-state index >= 15 is 0 Å². The Morgan fingerprint density at radius 2 is 1.77 bits per heavy atom. The summed E-state index contributed by atoms with van der Waals surface area (Å²) in [6.07, 6.45) is 3.22. The number of carbonyl (C=O) groups is 5. The number of nitrogens with one attached hydrogen (secondary N) is 2. The molecule has 4 N–H and O–H groups in total. The van der Waals surface area contributed by atoms with Gasteiger partial charge in [0.25, 0.3) is 11.8 Å². The number of carbonyl (C=O) groups excluding carboxylic acids is 5. The van der Waals surface area contributed by atoms with Gasteiger partial charge in [-0.3, -0.25) is 29.4 Å². The number of hydrogen-bond acceptors (Lipinski definition) is 10. The molecule has 4 aromatic carbocycles. The first-order valence-corrected chi connectivity index (χ1v) is 21.7. The molecule has 0 saturated carbocycles. The van der Waals surface area contributed by atoms with Crippen LogP contribution in [-0.4, -0.2) is 84.9 Å². The first kappa shape index (κ1) is 42.7. The second kappa shape index (κ2) is 17.9. The molecule has 0 bridgehead atoms. The molecular weight excluding hydrogens is 848 g/mol. The van der Waals surface area contributed by atoms with Gasteiger partial charge in [0.1, 0.15) is 35.4 Å². The third kappa shape index (κ3) is 8.72. The number of aryl methyl sites for hydroxylation is 1. The summed E-state index contributed by atoms with van der Waals surface area (Å²) in [7, 11) is 0. The number of fused-ring (bicyclic) bond motifs is 2. The Labute approximate surface area is 379 Å². The van der Waals surface area contributed by atoms with Crippen molar-refractivity contribution in [3.05, 3.63) is 137 Å². The summed E-state index contributed by atoms with van der Waals surface area (Å²) in [6.45, 7) is 6.96. The molecule has 6 amide bonds. The van der Waals surface area contributed by atoms with Crippen LogP contribution in [0.2, 0.25) is 5.02 Å². The standard InChI is InChI=1S/C48H45ClN10O6/c1-28-10-15-33(22-38(28)49)57(48(64)51-23-30-11-12-32-25-58(47(63)37(32)21-30)39-18-19-40(60)54-45(39)61)24-29(2)46(62)56-20-6-7-34(26-56)59-44-41(43(50)52-27-53-44)42(55-59)31-13-16-36(17-14-31)65-35-8-4-3-5-9-35/h3-5,8-17,21-22,27,34,39H,2,6-7,18-20,23-26H2,1H3,(H,51,64)(H2,50,52,53)(H,54,60,61)/t34-,39?/m1/s1. The number of piperidine rings is 2. The predicted molar refractivity (Wildman–Crippen MR) is 244 cm³/mol. The Balaban J connectivity index is 0.895. The molecule has 9 rings (SSSR count). The highest BCUT2D eigenvalue weighted by atomic mass is 35.5. The summed E-state index contributed by atoms with van der Waals surface area (Å²) in [5.41, 5.74) is 11.7. The minimum atomic E-state index is -0.736. The van der Waals surface area contributed by atoms with Gasteiger partial charge >= 0.3 is 6.03 Å². The normalized spacial score (nSPS) is 17.2. The van der Waals surface area contributed by atoms with Gasteiger partial charge in [-0.2, -0.15) is 5.10 Å². The summed E-state index contributed by atoms with van der Waals surface area (Å²) in [5.74, 6) is 0.199. The molecule has 2 atom stereocenters. The second-order valence-electron chi connectivity index (χ2n) is 16.4. The zero-order valence-corrected chi connectivity index (χ0v) is 36.3. The monoisotopic (exact) mass is 892 g/mol. The molecule has 2 saturated heterocycles. The number of benzene rings is 4. The molecule has 6 aromatic rings. The zero-order valence-electron chi connectivity index (χ0n) is 35.5. The maximum absolute atomic E-state index is 14.3. The lowest BCUT2D eigenvalue weighted by molar-refractivity contribution is -0.137. The van der Waals surface area contributed by atoms with E-state index in [4.69, 9.17) is 27.2 Å². The number of anilines is 2. The minimum Gasteiger partial charge on any atom is -0.457 e. The van der Waals surface area contributed by atoms with Crippen LogP contribution >= 0.6 is 11.6 Å². The van der Waals surface area contributed by atoms with E-state index < -0.39 is 18.0 Å². The van der Waals surface area contributed by atoms with Crippen LogP contribution in [0.3, 0.4) is 0 Å². The van der Waals surface area contributed by atoms with Gasteiger partial charge in [-0.1, -0.05) is 54.6 Å². The first-order valence-electron chi connectivity index (χ1n) is 21.3. The number of nitrogens with zero attached hydrogens (tertiary/aromatic N) is 7. The van der Waals surface area contributed by atoms with Gasteiger partial charge in [0.15, 0.2) is 5.65 Å². The molecule has 1 unspecified atom stereocenters. The highest BCUT2D eigenvalue weighted by Crippen LogP contribution is 2.36. The average molecular weight is 893 g/mol. The van der Waals surface area contributed by atoms with Gasteiger partial charge in [-0.15, -0.1) is 0 Å². The number of amides is 6. The molecule has 330 valence electrons. The van der Waals surface area contributed by atoms with Crippen molar-refractivity contribution in [2.24, 2.45) is 0 Å². The van der Waals surface area contributed by atoms with Gasteiger partial charge in [0.2, 0.25) is 11.8 Å². The molecular formula is C48H45ClN10O6. The van der Waals surface area contributed by atoms with E-state index in [1.165, 1.54) is 16.1 Å². The van der Waals surface area contributed by atoms with Crippen LogP contribution in [0.25, 0.3) is 22.3 Å². The Kier molecular flexibility index (Phi) is 11.7. The fourth-order valence-corrected chi connectivity index (χ4v) is 8.77. The fourth-order valence-electron chi connectivity index (χ4n) is 8.59. The van der Waals surface area contributed by atoms with E-state index in [-0.39, 0.29) is 67.6 Å². The molecule has 3 aliphatic rings. The Hall–Kier alpha value is -7.59. The Morgan fingerprint density at radius 3 is 2.54 bits per heavy atom. The van der Waals surface area contributed by atoms with Gasteiger partial charge in [0.05, 0.1) is 18.0 Å². The summed E-state index contributed by atoms with van der Waals surface area (Å²) < 4.78 is 7.82. The van der Waals surface area contributed by atoms with Gasteiger partial charge < -0.3 is 25.6 Å². The Bertz CT molecular complexity index is 2890. The first-order chi connectivity index (χ1) is 31.4. The highest BCUT2D eigenvalue weighted by molar-refractivity contribution is 6.31. The molecule has 16 nitrogen and oxygen atoms in total. The van der Waals surface area contributed by atoms with Crippen molar-refractivity contribution in [1.29, 1.82) is 0 Å². The molecule has 65 heavy (non-hydrogen) atoms. The maximum Gasteiger partial charge on any atom is 0.322 e. The lowest BCUT2D eigenvalue weighted by Gasteiger charge is -2.34. The molecule has 0 radical (unpaired) electrons. The number of urea groups is 1. The SMILES string of the molecule is C=C(CN(C(=O)NCc1ccc2c(c1)C(=O)N(C1CCC(=O)NC1=O)C2)c1ccc(C)c(Cl)c1)C(=O)N1CCC[C@@H](n2nc(-c3ccc(Oc4ccccc4)cc3)c3c(N)ncnc32)C1. The number of hydrogen-bond donors (Lipinski definition) is 3. The number of imide groups is 1. The summed E-state index contributed by atoms with van der Waals surface area (Å²) >= 11 is 6.55. The van der Waals surface area contributed by atoms with Gasteiger partial charge in [0, 0.05) is 60.0 Å². The molecule has 2 aromatic heterocycles. The van der Waals surface area contributed by atoms with Crippen LogP contribution in [0.1, 0.15) is 58.8 Å². The lowest BCUT2D eigenvalue weighted by Crippen LogP contribution is -2.52. The van der Waals surface area contributed by atoms with Crippen LogP contribution in [0.4, 0.5) is 16.3 Å². The second-order valence-corrected chi connectivity index (χ2v) is 16.8. The topological polar surface area (TPSA) is 198 Å². The molecule has 0 aliphatic carbocycles. The highest BCUT2D eigenvalue weighted by Gasteiger charge is 2.39. The number of rotatable bonds is 11. The van der Waals surface area contributed by atoms with Crippen molar-refractivity contribution >= 4 is 63.8 Å². The number of likely N-dealkylation sites (tertiary alicyclic amines) is 1. The van der Waals surface area contributed by atoms with Crippen LogP contribution < -0.4 is 26.0 Å². The van der Waals surface area contributed by atoms with E-state index in [1.807, 2.05) is 72.3 Å². The van der Waals surface area contributed by atoms with E-state index in [1.54, 1.807) is 35.2 Å². The van der Waals surface area contributed by atoms with E-state index in [9.17, 15) is 24.0 Å². The number of ether oxygens (including phenoxy) is 1. The molecule has 3 aliphatic heterocycles. The fraction of sp³-hybridized carbons (Fsp3) is 0.250. The van der Waals surface area contributed by atoms with Crippen molar-refractivity contribution in [3.63, 3.8) is 0 Å². The smallest absolute Gasteiger partial charge is 0.322 e. The van der Waals surface area contributed by atoms with Crippen molar-refractivity contribution in [2.75, 3.05) is 30.3 Å². The van der Waals surface area contributed by atoms with Crippen molar-refractivity contribution in [2.45, 2.75) is 57.8 Å². The van der Waals surface area contributed by atoms with E-state index in [0.29, 0.717) is 63.8 Å². The van der Waals surface area contributed by atoms with Gasteiger partial charge in [-0.05, 0) is 97.5 Å². The molecule has 5 heterocycles. The van der Waals surface area contributed by atoms with Crippen LogP contribution in [0.15, 0.2) is 109 Å².